The Morgan fingerprint density at radius 2 is 1.83 bits per heavy atom. The number of aryl methyl sites for hydroxylation is 1. The van der Waals surface area contributed by atoms with Crippen molar-refractivity contribution in [3.63, 3.8) is 0 Å². The number of aliphatic hydroxyl groups is 2. The SMILES string of the molecule is COc1c(C)cc(C(O)CCCCO)c(C)c1C. The van der Waals surface area contributed by atoms with E-state index in [0.717, 1.165) is 40.8 Å². The van der Waals surface area contributed by atoms with Crippen LogP contribution in [0.3, 0.4) is 0 Å². The molecule has 0 aliphatic rings. The molecule has 1 unspecified atom stereocenters. The molecule has 1 aromatic carbocycles. The van der Waals surface area contributed by atoms with Crippen LogP contribution in [-0.4, -0.2) is 23.9 Å². The molecule has 0 heterocycles. The van der Waals surface area contributed by atoms with E-state index in [1.165, 1.54) is 0 Å². The number of rotatable bonds is 6. The van der Waals surface area contributed by atoms with Crippen LogP contribution >= 0.6 is 0 Å². The van der Waals surface area contributed by atoms with E-state index in [4.69, 9.17) is 9.84 Å². The number of hydrogen-bond donors (Lipinski definition) is 2. The maximum absolute atomic E-state index is 10.2. The van der Waals surface area contributed by atoms with Crippen molar-refractivity contribution in [3.05, 3.63) is 28.3 Å². The summed E-state index contributed by atoms with van der Waals surface area (Å²) in [6.07, 6.45) is 1.80. The van der Waals surface area contributed by atoms with Crippen molar-refractivity contribution in [2.24, 2.45) is 0 Å². The fraction of sp³-hybridized carbons (Fsp3) is 0.600. The molecule has 0 amide bonds. The minimum Gasteiger partial charge on any atom is -0.496 e. The van der Waals surface area contributed by atoms with Crippen LogP contribution in [0, 0.1) is 20.8 Å². The molecule has 18 heavy (non-hydrogen) atoms. The molecule has 0 aromatic heterocycles. The first-order chi connectivity index (χ1) is 8.52. The third kappa shape index (κ3) is 3.24. The van der Waals surface area contributed by atoms with Crippen LogP contribution in [-0.2, 0) is 0 Å². The van der Waals surface area contributed by atoms with E-state index < -0.39 is 6.10 Å². The maximum atomic E-state index is 10.2. The summed E-state index contributed by atoms with van der Waals surface area (Å²) in [6.45, 7) is 6.22. The van der Waals surface area contributed by atoms with Crippen LogP contribution in [0.4, 0.5) is 0 Å². The number of benzene rings is 1. The summed E-state index contributed by atoms with van der Waals surface area (Å²) in [6, 6.07) is 2.00. The zero-order chi connectivity index (χ0) is 13.7. The molecule has 1 aromatic rings. The molecule has 1 rings (SSSR count). The Kier molecular flexibility index (Phi) is 5.63. The first-order valence-electron chi connectivity index (χ1n) is 6.46. The molecular formula is C15H24O3. The Hall–Kier alpha value is -1.06. The molecular weight excluding hydrogens is 228 g/mol. The van der Waals surface area contributed by atoms with Crippen LogP contribution in [0.15, 0.2) is 6.07 Å². The Labute approximate surface area is 109 Å². The number of hydrogen-bond acceptors (Lipinski definition) is 3. The van der Waals surface area contributed by atoms with Gasteiger partial charge in [0.15, 0.2) is 0 Å². The van der Waals surface area contributed by atoms with Gasteiger partial charge in [-0.1, -0.05) is 0 Å². The highest BCUT2D eigenvalue weighted by atomic mass is 16.5. The second-order valence-electron chi connectivity index (χ2n) is 4.80. The first kappa shape index (κ1) is 15.0. The van der Waals surface area contributed by atoms with Gasteiger partial charge in [0.2, 0.25) is 0 Å². The highest BCUT2D eigenvalue weighted by Crippen LogP contribution is 2.32. The highest BCUT2D eigenvalue weighted by molar-refractivity contribution is 5.49. The zero-order valence-electron chi connectivity index (χ0n) is 11.8. The number of aliphatic hydroxyl groups excluding tert-OH is 2. The minimum absolute atomic E-state index is 0.187. The molecule has 0 fully saturated rings. The summed E-state index contributed by atoms with van der Waals surface area (Å²) in [5, 5.41) is 19.0. The third-order valence-corrected chi connectivity index (χ3v) is 3.52. The lowest BCUT2D eigenvalue weighted by Gasteiger charge is -2.19. The fourth-order valence-electron chi connectivity index (χ4n) is 2.35. The maximum Gasteiger partial charge on any atom is 0.124 e. The molecule has 0 aliphatic carbocycles. The lowest BCUT2D eigenvalue weighted by molar-refractivity contribution is 0.158. The Balaban J connectivity index is 2.96. The average molecular weight is 252 g/mol. The van der Waals surface area contributed by atoms with Crippen molar-refractivity contribution in [2.45, 2.75) is 46.1 Å². The highest BCUT2D eigenvalue weighted by Gasteiger charge is 2.16. The van der Waals surface area contributed by atoms with Crippen LogP contribution < -0.4 is 4.74 Å². The first-order valence-corrected chi connectivity index (χ1v) is 6.46. The monoisotopic (exact) mass is 252 g/mol. The van der Waals surface area contributed by atoms with Crippen molar-refractivity contribution in [3.8, 4) is 5.75 Å². The van der Waals surface area contributed by atoms with Crippen molar-refractivity contribution in [2.75, 3.05) is 13.7 Å². The van der Waals surface area contributed by atoms with E-state index >= 15 is 0 Å². The second-order valence-corrected chi connectivity index (χ2v) is 4.80. The van der Waals surface area contributed by atoms with Gasteiger partial charge < -0.3 is 14.9 Å². The van der Waals surface area contributed by atoms with E-state index in [-0.39, 0.29) is 6.61 Å². The lowest BCUT2D eigenvalue weighted by Crippen LogP contribution is -2.05. The number of unbranched alkanes of at least 4 members (excludes halogenated alkanes) is 1. The molecule has 0 spiro atoms. The molecule has 0 radical (unpaired) electrons. The van der Waals surface area contributed by atoms with E-state index in [1.54, 1.807) is 7.11 Å². The quantitative estimate of drug-likeness (QED) is 0.765. The van der Waals surface area contributed by atoms with E-state index in [1.807, 2.05) is 26.8 Å². The Bertz CT molecular complexity index is 399. The zero-order valence-corrected chi connectivity index (χ0v) is 11.8. The van der Waals surface area contributed by atoms with Crippen LogP contribution in [0.2, 0.25) is 0 Å². The van der Waals surface area contributed by atoms with Gasteiger partial charge in [-0.25, -0.2) is 0 Å². The summed E-state index contributed by atoms with van der Waals surface area (Å²) in [4.78, 5) is 0. The molecule has 0 saturated carbocycles. The second kappa shape index (κ2) is 6.76. The molecule has 2 N–H and O–H groups in total. The van der Waals surface area contributed by atoms with Gasteiger partial charge in [0.1, 0.15) is 5.75 Å². The van der Waals surface area contributed by atoms with Gasteiger partial charge in [-0.3, -0.25) is 0 Å². The van der Waals surface area contributed by atoms with E-state index in [2.05, 4.69) is 0 Å². The largest absolute Gasteiger partial charge is 0.496 e. The summed E-state index contributed by atoms with van der Waals surface area (Å²) < 4.78 is 5.38. The fourth-order valence-corrected chi connectivity index (χ4v) is 2.35. The molecule has 1 atom stereocenters. The normalized spacial score (nSPS) is 12.6. The average Bonchev–Trinajstić information content (AvgIpc) is 2.34. The van der Waals surface area contributed by atoms with Crippen molar-refractivity contribution >= 4 is 0 Å². The van der Waals surface area contributed by atoms with Crippen molar-refractivity contribution in [1.82, 2.24) is 0 Å². The minimum atomic E-state index is -0.458. The smallest absolute Gasteiger partial charge is 0.124 e. The molecule has 0 aliphatic heterocycles. The predicted octanol–water partition coefficient (Wildman–Crippen LogP) is 2.82. The third-order valence-electron chi connectivity index (χ3n) is 3.52. The standard InChI is InChI=1S/C15H24O3/c1-10-9-13(14(17)7-5-6-8-16)11(2)12(3)15(10)18-4/h9,14,16-17H,5-8H2,1-4H3. The van der Waals surface area contributed by atoms with Crippen molar-refractivity contribution < 1.29 is 14.9 Å². The molecule has 0 bridgehead atoms. The molecule has 3 heteroatoms. The molecule has 102 valence electrons. The van der Waals surface area contributed by atoms with Crippen LogP contribution in [0.5, 0.6) is 5.75 Å². The van der Waals surface area contributed by atoms with Crippen LogP contribution in [0.25, 0.3) is 0 Å². The topological polar surface area (TPSA) is 49.7 Å². The lowest BCUT2D eigenvalue weighted by atomic mass is 9.93. The number of ether oxygens (including phenoxy) is 1. The van der Waals surface area contributed by atoms with Crippen LogP contribution in [0.1, 0.15) is 47.6 Å². The van der Waals surface area contributed by atoms with E-state index in [0.29, 0.717) is 6.42 Å². The molecule has 3 nitrogen and oxygen atoms in total. The van der Waals surface area contributed by atoms with Gasteiger partial charge in [-0.15, -0.1) is 0 Å². The van der Waals surface area contributed by atoms with Gasteiger partial charge in [0.25, 0.3) is 0 Å². The van der Waals surface area contributed by atoms with Gasteiger partial charge in [-0.2, -0.15) is 0 Å². The Morgan fingerprint density at radius 3 is 2.39 bits per heavy atom. The summed E-state index contributed by atoms with van der Waals surface area (Å²) in [7, 11) is 1.67. The summed E-state index contributed by atoms with van der Waals surface area (Å²) >= 11 is 0. The predicted molar refractivity (Wildman–Crippen MR) is 73.1 cm³/mol. The summed E-state index contributed by atoms with van der Waals surface area (Å²) in [5.74, 6) is 0.902. The van der Waals surface area contributed by atoms with Crippen molar-refractivity contribution in [1.29, 1.82) is 0 Å². The van der Waals surface area contributed by atoms with Gasteiger partial charge in [0.05, 0.1) is 13.2 Å². The van der Waals surface area contributed by atoms with Gasteiger partial charge in [-0.05, 0) is 68.4 Å². The van der Waals surface area contributed by atoms with E-state index in [9.17, 15) is 5.11 Å². The van der Waals surface area contributed by atoms with Gasteiger partial charge in [0, 0.05) is 6.61 Å². The number of methoxy groups -OCH3 is 1. The Morgan fingerprint density at radius 1 is 1.17 bits per heavy atom. The van der Waals surface area contributed by atoms with Gasteiger partial charge >= 0.3 is 0 Å². The molecule has 0 saturated heterocycles. The summed E-state index contributed by atoms with van der Waals surface area (Å²) in [5.41, 5.74) is 4.21.